The van der Waals surface area contributed by atoms with E-state index >= 15 is 0 Å². The van der Waals surface area contributed by atoms with E-state index in [0.29, 0.717) is 22.5 Å². The summed E-state index contributed by atoms with van der Waals surface area (Å²) in [5, 5.41) is 19.3. The van der Waals surface area contributed by atoms with Crippen molar-refractivity contribution >= 4 is 22.6 Å². The molecule has 3 aromatic rings. The van der Waals surface area contributed by atoms with Gasteiger partial charge in [0.25, 0.3) is 5.91 Å². The van der Waals surface area contributed by atoms with Crippen molar-refractivity contribution in [2.24, 2.45) is 0 Å². The number of aryl methyl sites for hydroxylation is 1. The van der Waals surface area contributed by atoms with Crippen LogP contribution in [-0.2, 0) is 6.18 Å². The van der Waals surface area contributed by atoms with E-state index in [4.69, 9.17) is 0 Å². The monoisotopic (exact) mass is 435 g/mol. The zero-order valence-corrected chi connectivity index (χ0v) is 17.6. The first kappa shape index (κ1) is 22.5. The lowest BCUT2D eigenvalue weighted by molar-refractivity contribution is -0.137. The minimum absolute atomic E-state index is 0.209. The van der Waals surface area contributed by atoms with E-state index in [1.54, 1.807) is 20.0 Å². The number of aliphatic hydroxyl groups excluding tert-OH is 1. The average Bonchev–Trinajstić information content (AvgIpc) is 3.20. The second kappa shape index (κ2) is 8.54. The molecule has 166 valence electrons. The van der Waals surface area contributed by atoms with Crippen LogP contribution in [0.1, 0.15) is 35.5 Å². The number of aliphatic hydroxyl groups is 1. The number of β-amino-alcohol motifs (C(OH)–C–C–N with tert-alkyl or cyclic N) is 1. The minimum Gasteiger partial charge on any atom is -0.389 e. The maximum atomic E-state index is 13.4. The van der Waals surface area contributed by atoms with Crippen LogP contribution in [0.25, 0.3) is 22.0 Å². The van der Waals surface area contributed by atoms with E-state index in [0.717, 1.165) is 12.1 Å². The molecular weight excluding hydrogens is 411 g/mol. The zero-order chi connectivity index (χ0) is 22.9. The number of nitrogens with zero attached hydrogens (tertiary/aromatic N) is 3. The molecule has 0 unspecified atom stereocenters. The zero-order valence-electron chi connectivity index (χ0n) is 17.6. The molecule has 0 spiro atoms. The van der Waals surface area contributed by atoms with E-state index in [9.17, 15) is 23.1 Å². The van der Waals surface area contributed by atoms with Crippen molar-refractivity contribution in [2.75, 3.05) is 25.5 Å². The predicted molar refractivity (Wildman–Crippen MR) is 112 cm³/mol. The summed E-state index contributed by atoms with van der Waals surface area (Å²) < 4.78 is 40.2. The number of pyridine rings is 1. The van der Waals surface area contributed by atoms with Crippen molar-refractivity contribution in [1.82, 2.24) is 20.1 Å². The number of aromatic amines is 1. The van der Waals surface area contributed by atoms with Crippen molar-refractivity contribution in [3.05, 3.63) is 41.2 Å². The van der Waals surface area contributed by atoms with Crippen LogP contribution in [-0.4, -0.2) is 57.3 Å². The molecule has 0 atom stereocenters. The third-order valence-electron chi connectivity index (χ3n) is 5.01. The summed E-state index contributed by atoms with van der Waals surface area (Å²) in [7, 11) is 1.61. The normalized spacial score (nSPS) is 14.1. The highest BCUT2D eigenvalue weighted by atomic mass is 19.4. The molecule has 31 heavy (non-hydrogen) atoms. The Morgan fingerprint density at radius 3 is 2.48 bits per heavy atom. The van der Waals surface area contributed by atoms with E-state index in [2.05, 4.69) is 20.5 Å². The van der Waals surface area contributed by atoms with Gasteiger partial charge in [-0.2, -0.15) is 18.3 Å². The number of likely N-dealkylation sites (tertiary alicyclic amines) is 1. The summed E-state index contributed by atoms with van der Waals surface area (Å²) in [6, 6.07) is 3.59. The van der Waals surface area contributed by atoms with Gasteiger partial charge >= 0.3 is 6.18 Å². The van der Waals surface area contributed by atoms with Gasteiger partial charge in [-0.1, -0.05) is 13.8 Å². The van der Waals surface area contributed by atoms with Crippen molar-refractivity contribution in [3.8, 4) is 11.1 Å². The molecule has 3 heterocycles. The molecule has 1 aliphatic heterocycles. The topological polar surface area (TPSA) is 94.1 Å². The first-order valence-electron chi connectivity index (χ1n) is 9.90. The van der Waals surface area contributed by atoms with E-state index in [1.807, 2.05) is 13.8 Å². The number of amides is 1. The van der Waals surface area contributed by atoms with Gasteiger partial charge in [-0.05, 0) is 30.7 Å². The second-order valence-corrected chi connectivity index (χ2v) is 6.98. The molecule has 0 bridgehead atoms. The third-order valence-corrected chi connectivity index (χ3v) is 5.01. The van der Waals surface area contributed by atoms with Crippen molar-refractivity contribution in [3.63, 3.8) is 0 Å². The lowest BCUT2D eigenvalue weighted by Gasteiger charge is -2.36. The van der Waals surface area contributed by atoms with Crippen LogP contribution in [0.3, 0.4) is 0 Å². The van der Waals surface area contributed by atoms with Gasteiger partial charge in [0.15, 0.2) is 0 Å². The first-order chi connectivity index (χ1) is 14.7. The molecule has 2 aromatic heterocycles. The summed E-state index contributed by atoms with van der Waals surface area (Å²) >= 11 is 0. The number of hydrogen-bond donors (Lipinski definition) is 3. The Morgan fingerprint density at radius 2 is 1.90 bits per heavy atom. The Morgan fingerprint density at radius 1 is 1.23 bits per heavy atom. The van der Waals surface area contributed by atoms with Crippen LogP contribution >= 0.6 is 0 Å². The number of halogens is 3. The molecule has 4 rings (SSSR count). The number of hydrogen-bond acceptors (Lipinski definition) is 5. The number of H-pyrrole nitrogens is 1. The maximum absolute atomic E-state index is 13.4. The lowest BCUT2D eigenvalue weighted by Crippen LogP contribution is -2.53. The van der Waals surface area contributed by atoms with Crippen LogP contribution in [0.15, 0.2) is 24.4 Å². The highest BCUT2D eigenvalue weighted by molar-refractivity contribution is 6.02. The molecule has 1 fully saturated rings. The largest absolute Gasteiger partial charge is 0.416 e. The molecule has 7 nitrogen and oxygen atoms in total. The first-order valence-corrected chi connectivity index (χ1v) is 9.90. The Kier molecular flexibility index (Phi) is 6.21. The number of carbonyl (C=O) groups excluding carboxylic acids is 1. The predicted octanol–water partition coefficient (Wildman–Crippen LogP) is 3.84. The van der Waals surface area contributed by atoms with Crippen LogP contribution in [0.4, 0.5) is 19.0 Å². The van der Waals surface area contributed by atoms with Gasteiger partial charge in [-0.3, -0.25) is 9.89 Å². The van der Waals surface area contributed by atoms with Crippen molar-refractivity contribution < 1.29 is 23.1 Å². The number of fused-ring (bicyclic) bond motifs is 1. The second-order valence-electron chi connectivity index (χ2n) is 6.98. The van der Waals surface area contributed by atoms with Gasteiger partial charge in [-0.15, -0.1) is 0 Å². The SMILES string of the molecule is CC.CNc1nc(C)c(-c2cc(C(F)(F)F)cc3[nH]ncc23)cc1C(=O)N1CC(O)C1. The number of anilines is 1. The number of benzene rings is 1. The summed E-state index contributed by atoms with van der Waals surface area (Å²) in [5.74, 6) is -0.0168. The highest BCUT2D eigenvalue weighted by Gasteiger charge is 2.33. The quantitative estimate of drug-likeness (QED) is 0.581. The molecule has 3 N–H and O–H groups in total. The maximum Gasteiger partial charge on any atom is 0.416 e. The lowest BCUT2D eigenvalue weighted by atomic mass is 9.96. The fourth-order valence-corrected chi connectivity index (χ4v) is 3.46. The van der Waals surface area contributed by atoms with E-state index in [1.165, 1.54) is 11.1 Å². The van der Waals surface area contributed by atoms with Crippen molar-refractivity contribution in [1.29, 1.82) is 0 Å². The number of alkyl halides is 3. The van der Waals surface area contributed by atoms with Gasteiger partial charge < -0.3 is 15.3 Å². The fraction of sp³-hybridized carbons (Fsp3) is 0.381. The van der Waals surface area contributed by atoms with Crippen LogP contribution in [0, 0.1) is 6.92 Å². The Balaban J connectivity index is 0.00000132. The molecule has 10 heteroatoms. The highest BCUT2D eigenvalue weighted by Crippen LogP contribution is 2.38. The molecule has 1 aromatic carbocycles. The molecule has 1 amide bonds. The standard InChI is InChI=1S/C19H18F3N5O2.C2H6/c1-9-12(5-14(17(23-2)25-9)18(29)27-7-11(28)8-27)13-3-10(19(20,21)22)4-16-15(13)6-24-26-16;1-2/h3-6,11,28H,7-8H2,1-2H3,(H,23,25)(H,24,26);1-2H3. The smallest absolute Gasteiger partial charge is 0.389 e. The Bertz CT molecular complexity index is 1100. The molecular formula is C21H24F3N5O2. The average molecular weight is 435 g/mol. The number of aromatic nitrogens is 3. The summed E-state index contributed by atoms with van der Waals surface area (Å²) in [5.41, 5.74) is 0.816. The van der Waals surface area contributed by atoms with Gasteiger partial charge in [0.1, 0.15) is 5.82 Å². The molecule has 0 saturated carbocycles. The molecule has 1 saturated heterocycles. The fourth-order valence-electron chi connectivity index (χ4n) is 3.46. The Labute approximate surface area is 177 Å². The number of nitrogens with one attached hydrogen (secondary N) is 2. The van der Waals surface area contributed by atoms with Crippen LogP contribution < -0.4 is 5.32 Å². The minimum atomic E-state index is -4.54. The van der Waals surface area contributed by atoms with Gasteiger partial charge in [-0.25, -0.2) is 4.98 Å². The van der Waals surface area contributed by atoms with Crippen molar-refractivity contribution in [2.45, 2.75) is 33.1 Å². The third kappa shape index (κ3) is 4.20. The van der Waals surface area contributed by atoms with Gasteiger partial charge in [0.2, 0.25) is 0 Å². The Hall–Kier alpha value is -3.14. The molecule has 1 aliphatic rings. The number of carbonyl (C=O) groups is 1. The molecule has 0 radical (unpaired) electrons. The van der Waals surface area contributed by atoms with Crippen LogP contribution in [0.2, 0.25) is 0 Å². The summed E-state index contributed by atoms with van der Waals surface area (Å²) in [6.07, 6.45) is -3.65. The van der Waals surface area contributed by atoms with E-state index in [-0.39, 0.29) is 35.6 Å². The van der Waals surface area contributed by atoms with Gasteiger partial charge in [0, 0.05) is 36.8 Å². The van der Waals surface area contributed by atoms with Gasteiger partial charge in [0.05, 0.1) is 28.9 Å². The summed E-state index contributed by atoms with van der Waals surface area (Å²) in [4.78, 5) is 18.7. The van der Waals surface area contributed by atoms with Crippen LogP contribution in [0.5, 0.6) is 0 Å². The van der Waals surface area contributed by atoms with E-state index < -0.39 is 17.8 Å². The molecule has 0 aliphatic carbocycles. The number of rotatable bonds is 3. The summed E-state index contributed by atoms with van der Waals surface area (Å²) in [6.45, 7) is 6.09.